The monoisotopic (exact) mass is 394 g/mol. The van der Waals surface area contributed by atoms with E-state index in [0.29, 0.717) is 11.3 Å². The van der Waals surface area contributed by atoms with E-state index in [4.69, 9.17) is 0 Å². The number of anilines is 1. The van der Waals surface area contributed by atoms with Crippen molar-refractivity contribution in [3.05, 3.63) is 68.0 Å². The Balaban J connectivity index is 1.75. The first-order valence-electron chi connectivity index (χ1n) is 9.15. The Morgan fingerprint density at radius 2 is 1.76 bits per heavy atom. The van der Waals surface area contributed by atoms with Crippen molar-refractivity contribution in [1.29, 1.82) is 0 Å². The van der Waals surface area contributed by atoms with Gasteiger partial charge in [0.05, 0.1) is 17.3 Å². The van der Waals surface area contributed by atoms with Crippen molar-refractivity contribution in [3.8, 4) is 0 Å². The molecule has 0 unspecified atom stereocenters. The minimum atomic E-state index is -0.489. The highest BCUT2D eigenvalue weighted by Crippen LogP contribution is 2.15. The number of nitrogens with zero attached hydrogens (tertiary/aromatic N) is 3. The lowest BCUT2D eigenvalue weighted by molar-refractivity contribution is -0.116. The van der Waals surface area contributed by atoms with Crippen LogP contribution in [0.2, 0.25) is 0 Å². The van der Waals surface area contributed by atoms with Crippen molar-refractivity contribution in [2.75, 3.05) is 5.32 Å². The number of aryl methyl sites for hydroxylation is 3. The van der Waals surface area contributed by atoms with E-state index >= 15 is 0 Å². The van der Waals surface area contributed by atoms with E-state index in [1.165, 1.54) is 30.9 Å². The zero-order chi connectivity index (χ0) is 21.3. The second kappa shape index (κ2) is 7.83. The maximum Gasteiger partial charge on any atom is 0.332 e. The summed E-state index contributed by atoms with van der Waals surface area (Å²) in [6.45, 7) is 3.77. The van der Waals surface area contributed by atoms with Gasteiger partial charge in [-0.15, -0.1) is 0 Å². The Morgan fingerprint density at radius 1 is 1.03 bits per heavy atom. The molecule has 8 heteroatoms. The van der Waals surface area contributed by atoms with Crippen LogP contribution in [0.25, 0.3) is 11.0 Å². The van der Waals surface area contributed by atoms with Crippen molar-refractivity contribution < 1.29 is 9.59 Å². The number of carbonyl (C=O) groups excluding carboxylic acids is 2. The minimum absolute atomic E-state index is 0.00946. The lowest BCUT2D eigenvalue weighted by Crippen LogP contribution is -2.37. The SMILES string of the molecule is Cc1ccc(C)c(C(=O)CCC(=O)Nc2cnc3c(c2)c(=O)n(C)c(=O)n3C)c1. The lowest BCUT2D eigenvalue weighted by Gasteiger charge is -2.09. The van der Waals surface area contributed by atoms with Crippen molar-refractivity contribution in [3.63, 3.8) is 0 Å². The number of carbonyl (C=O) groups is 2. The van der Waals surface area contributed by atoms with Gasteiger partial charge in [0.2, 0.25) is 5.91 Å². The first kappa shape index (κ1) is 20.2. The molecule has 0 saturated heterocycles. The number of amides is 1. The zero-order valence-electron chi connectivity index (χ0n) is 16.8. The number of pyridine rings is 1. The van der Waals surface area contributed by atoms with Gasteiger partial charge in [0.25, 0.3) is 5.56 Å². The summed E-state index contributed by atoms with van der Waals surface area (Å²) in [7, 11) is 2.91. The summed E-state index contributed by atoms with van der Waals surface area (Å²) >= 11 is 0. The van der Waals surface area contributed by atoms with Crippen LogP contribution in [0.3, 0.4) is 0 Å². The lowest BCUT2D eigenvalue weighted by atomic mass is 9.99. The highest BCUT2D eigenvalue weighted by molar-refractivity contribution is 6.01. The van der Waals surface area contributed by atoms with Gasteiger partial charge in [0, 0.05) is 32.5 Å². The third-order valence-corrected chi connectivity index (χ3v) is 4.85. The first-order valence-corrected chi connectivity index (χ1v) is 9.15. The molecule has 0 spiro atoms. The summed E-state index contributed by atoms with van der Waals surface area (Å²) in [6.07, 6.45) is 1.47. The van der Waals surface area contributed by atoms with Crippen LogP contribution in [0.5, 0.6) is 0 Å². The second-order valence-electron chi connectivity index (χ2n) is 7.09. The van der Waals surface area contributed by atoms with Crippen molar-refractivity contribution in [1.82, 2.24) is 14.1 Å². The fourth-order valence-electron chi connectivity index (χ4n) is 3.16. The summed E-state index contributed by atoms with van der Waals surface area (Å²) < 4.78 is 2.25. The number of aromatic nitrogens is 3. The Morgan fingerprint density at radius 3 is 2.48 bits per heavy atom. The molecule has 3 rings (SSSR count). The number of fused-ring (bicyclic) bond motifs is 1. The molecule has 1 N–H and O–H groups in total. The van der Waals surface area contributed by atoms with Crippen LogP contribution in [0.15, 0.2) is 40.1 Å². The average Bonchev–Trinajstić information content (AvgIpc) is 2.70. The fourth-order valence-corrected chi connectivity index (χ4v) is 3.16. The predicted octanol–water partition coefficient (Wildman–Crippen LogP) is 1.85. The maximum absolute atomic E-state index is 12.4. The van der Waals surface area contributed by atoms with Gasteiger partial charge in [-0.05, 0) is 31.5 Å². The van der Waals surface area contributed by atoms with Crippen molar-refractivity contribution in [2.24, 2.45) is 14.1 Å². The van der Waals surface area contributed by atoms with Crippen LogP contribution in [0.4, 0.5) is 5.69 Å². The minimum Gasteiger partial charge on any atom is -0.325 e. The van der Waals surface area contributed by atoms with E-state index in [9.17, 15) is 19.2 Å². The van der Waals surface area contributed by atoms with Gasteiger partial charge in [-0.1, -0.05) is 17.7 Å². The Hall–Kier alpha value is -3.55. The number of benzene rings is 1. The molecule has 0 aliphatic heterocycles. The van der Waals surface area contributed by atoms with Crippen LogP contribution in [0, 0.1) is 13.8 Å². The summed E-state index contributed by atoms with van der Waals surface area (Å²) in [4.78, 5) is 53.1. The molecule has 0 radical (unpaired) electrons. The fraction of sp³-hybridized carbons (Fsp3) is 0.286. The van der Waals surface area contributed by atoms with Gasteiger partial charge in [0.15, 0.2) is 5.78 Å². The van der Waals surface area contributed by atoms with E-state index in [0.717, 1.165) is 15.7 Å². The molecule has 0 saturated carbocycles. The largest absolute Gasteiger partial charge is 0.332 e. The molecule has 2 heterocycles. The average molecular weight is 394 g/mol. The van der Waals surface area contributed by atoms with E-state index in [2.05, 4.69) is 10.3 Å². The summed E-state index contributed by atoms with van der Waals surface area (Å²) in [5.41, 5.74) is 2.09. The van der Waals surface area contributed by atoms with Crippen LogP contribution in [0.1, 0.15) is 34.3 Å². The molecule has 1 amide bonds. The van der Waals surface area contributed by atoms with Crippen LogP contribution in [-0.4, -0.2) is 25.8 Å². The van der Waals surface area contributed by atoms with E-state index in [-0.39, 0.29) is 35.6 Å². The maximum atomic E-state index is 12.4. The standard InChI is InChI=1S/C21H22N4O4/c1-12-5-6-13(2)15(9-12)17(26)7-8-18(27)23-14-10-16-19(22-11-14)24(3)21(29)25(4)20(16)28/h5-6,9-11H,7-8H2,1-4H3,(H,23,27). The molecular formula is C21H22N4O4. The summed E-state index contributed by atoms with van der Waals surface area (Å²) in [5.74, 6) is -0.451. The van der Waals surface area contributed by atoms with E-state index in [1.54, 1.807) is 0 Å². The van der Waals surface area contributed by atoms with Crippen LogP contribution < -0.4 is 16.6 Å². The number of nitrogens with one attached hydrogen (secondary N) is 1. The molecule has 3 aromatic rings. The Bertz CT molecular complexity index is 1250. The van der Waals surface area contributed by atoms with Crippen LogP contribution in [-0.2, 0) is 18.9 Å². The number of rotatable bonds is 5. The molecule has 8 nitrogen and oxygen atoms in total. The highest BCUT2D eigenvalue weighted by atomic mass is 16.2. The number of ketones is 1. The van der Waals surface area contributed by atoms with Gasteiger partial charge in [0.1, 0.15) is 5.65 Å². The topological polar surface area (TPSA) is 103 Å². The summed E-state index contributed by atoms with van der Waals surface area (Å²) in [5, 5.41) is 2.88. The molecule has 0 aliphatic rings. The second-order valence-corrected chi connectivity index (χ2v) is 7.09. The Kier molecular flexibility index (Phi) is 5.45. The predicted molar refractivity (Wildman–Crippen MR) is 110 cm³/mol. The molecule has 0 aliphatic carbocycles. The number of hydrogen-bond acceptors (Lipinski definition) is 5. The molecule has 1 aromatic carbocycles. The van der Waals surface area contributed by atoms with Gasteiger partial charge in [-0.3, -0.25) is 23.5 Å². The highest BCUT2D eigenvalue weighted by Gasteiger charge is 2.14. The van der Waals surface area contributed by atoms with Crippen molar-refractivity contribution in [2.45, 2.75) is 26.7 Å². The van der Waals surface area contributed by atoms with E-state index in [1.807, 2.05) is 32.0 Å². The summed E-state index contributed by atoms with van der Waals surface area (Å²) in [6, 6.07) is 7.13. The quantitative estimate of drug-likeness (QED) is 0.665. The number of hydrogen-bond donors (Lipinski definition) is 1. The van der Waals surface area contributed by atoms with Crippen molar-refractivity contribution >= 4 is 28.4 Å². The first-order chi connectivity index (χ1) is 13.7. The normalized spacial score (nSPS) is 10.9. The molecule has 0 atom stereocenters. The molecule has 0 bridgehead atoms. The smallest absolute Gasteiger partial charge is 0.325 e. The van der Waals surface area contributed by atoms with Gasteiger partial charge < -0.3 is 5.32 Å². The molecule has 29 heavy (non-hydrogen) atoms. The van der Waals surface area contributed by atoms with Crippen LogP contribution >= 0.6 is 0 Å². The molecule has 0 fully saturated rings. The van der Waals surface area contributed by atoms with Gasteiger partial charge >= 0.3 is 5.69 Å². The molecular weight excluding hydrogens is 372 g/mol. The van der Waals surface area contributed by atoms with E-state index < -0.39 is 11.2 Å². The molecule has 150 valence electrons. The Labute approximate surface area is 166 Å². The number of Topliss-reactive ketones (excluding diaryl/α,β-unsaturated/α-hetero) is 1. The zero-order valence-corrected chi connectivity index (χ0v) is 16.8. The van der Waals surface area contributed by atoms with Gasteiger partial charge in [-0.2, -0.15) is 0 Å². The third-order valence-electron chi connectivity index (χ3n) is 4.85. The molecule has 2 aromatic heterocycles. The van der Waals surface area contributed by atoms with Gasteiger partial charge in [-0.25, -0.2) is 9.78 Å². The third kappa shape index (κ3) is 4.01.